The van der Waals surface area contributed by atoms with E-state index in [1.165, 1.54) is 7.11 Å². The fourth-order valence-corrected chi connectivity index (χ4v) is 3.70. The predicted octanol–water partition coefficient (Wildman–Crippen LogP) is 5.09. The molecule has 33 heavy (non-hydrogen) atoms. The van der Waals surface area contributed by atoms with Gasteiger partial charge in [0.1, 0.15) is 5.69 Å². The van der Waals surface area contributed by atoms with Gasteiger partial charge < -0.3 is 19.0 Å². The van der Waals surface area contributed by atoms with Crippen molar-refractivity contribution in [3.8, 4) is 28.3 Å². The Morgan fingerprint density at radius 2 is 1.67 bits per heavy atom. The van der Waals surface area contributed by atoms with E-state index in [4.69, 9.17) is 9.26 Å². The van der Waals surface area contributed by atoms with Crippen molar-refractivity contribution in [3.05, 3.63) is 96.8 Å². The third-order valence-electron chi connectivity index (χ3n) is 5.31. The molecule has 2 aromatic carbocycles. The number of carbonyl (C=O) groups is 2. The summed E-state index contributed by atoms with van der Waals surface area (Å²) in [7, 11) is 1.51. The Hall–Kier alpha value is -4.65. The second-order valence-electron chi connectivity index (χ2n) is 7.36. The van der Waals surface area contributed by atoms with E-state index in [0.29, 0.717) is 28.6 Å². The Morgan fingerprint density at radius 3 is 2.39 bits per heavy atom. The van der Waals surface area contributed by atoms with Crippen LogP contribution in [0.15, 0.2) is 95.6 Å². The monoisotopic (exact) mass is 437 g/mol. The van der Waals surface area contributed by atoms with Crippen molar-refractivity contribution < 1.29 is 18.8 Å². The number of hydrogen-bond acceptors (Lipinski definition) is 5. The molecule has 0 aliphatic carbocycles. The zero-order chi connectivity index (χ0) is 22.8. The summed E-state index contributed by atoms with van der Waals surface area (Å²) in [4.78, 5) is 26.2. The van der Waals surface area contributed by atoms with Gasteiger partial charge in [-0.2, -0.15) is 0 Å². The summed E-state index contributed by atoms with van der Waals surface area (Å²) >= 11 is 0. The molecule has 7 heteroatoms. The smallest absolute Gasteiger partial charge is 0.298 e. The normalized spacial score (nSPS) is 10.8. The highest BCUT2D eigenvalue weighted by atomic mass is 16.5. The summed E-state index contributed by atoms with van der Waals surface area (Å²) < 4.78 is 12.0. The van der Waals surface area contributed by atoms with Gasteiger partial charge >= 0.3 is 0 Å². The second-order valence-corrected chi connectivity index (χ2v) is 7.36. The van der Waals surface area contributed by atoms with Crippen LogP contribution in [0.4, 0.5) is 5.69 Å². The minimum atomic E-state index is -0.717. The molecule has 0 spiro atoms. The van der Waals surface area contributed by atoms with Gasteiger partial charge in [0, 0.05) is 34.6 Å². The fraction of sp³-hybridized carbons (Fsp3) is 0.0385. The Balaban J connectivity index is 1.43. The maximum Gasteiger partial charge on any atom is 0.298 e. The van der Waals surface area contributed by atoms with Gasteiger partial charge in [-0.3, -0.25) is 9.59 Å². The number of nitrogens with one attached hydrogen (secondary N) is 1. The number of aromatic nitrogens is 2. The van der Waals surface area contributed by atoms with Crippen LogP contribution in [0.3, 0.4) is 0 Å². The summed E-state index contributed by atoms with van der Waals surface area (Å²) in [5.41, 5.74) is 3.98. The first-order valence-corrected chi connectivity index (χ1v) is 10.3. The van der Waals surface area contributed by atoms with Gasteiger partial charge in [0.2, 0.25) is 0 Å². The minimum absolute atomic E-state index is 0.319. The first-order chi connectivity index (χ1) is 16.1. The van der Waals surface area contributed by atoms with Crippen LogP contribution in [0.1, 0.15) is 10.5 Å². The number of carbonyl (C=O) groups excluding carboxylic acids is 2. The molecule has 0 aliphatic rings. The first-order valence-electron chi connectivity index (χ1n) is 10.3. The van der Waals surface area contributed by atoms with E-state index in [0.717, 1.165) is 16.6 Å². The fourth-order valence-electron chi connectivity index (χ4n) is 3.70. The number of benzene rings is 2. The average molecular weight is 437 g/mol. The van der Waals surface area contributed by atoms with Crippen molar-refractivity contribution in [2.75, 3.05) is 12.4 Å². The Morgan fingerprint density at radius 1 is 0.909 bits per heavy atom. The molecule has 0 radical (unpaired) electrons. The second kappa shape index (κ2) is 8.47. The Bertz CT molecular complexity index is 1450. The molecular weight excluding hydrogens is 418 g/mol. The Kier molecular flexibility index (Phi) is 5.20. The van der Waals surface area contributed by atoms with Crippen molar-refractivity contribution in [2.45, 2.75) is 0 Å². The molecule has 5 aromatic rings. The number of pyridine rings is 1. The molecule has 1 amide bonds. The third kappa shape index (κ3) is 3.87. The standard InChI is InChI=1S/C26H19N3O4/c1-32-23-16-22(33-28-23)18-10-12-19(13-11-18)27-26(31)25(30)24-21(17-7-3-2-4-8-17)15-20-9-5-6-14-29(20)24/h2-16H,1H3,(H,27,31). The molecule has 7 nitrogen and oxygen atoms in total. The lowest BCUT2D eigenvalue weighted by Gasteiger charge is -2.08. The van der Waals surface area contributed by atoms with E-state index in [9.17, 15) is 9.59 Å². The van der Waals surface area contributed by atoms with Crippen molar-refractivity contribution in [2.24, 2.45) is 0 Å². The van der Waals surface area contributed by atoms with Gasteiger partial charge in [0.15, 0.2) is 5.76 Å². The molecule has 0 saturated carbocycles. The number of methoxy groups -OCH3 is 1. The van der Waals surface area contributed by atoms with E-state index in [-0.39, 0.29) is 0 Å². The molecule has 0 bridgehead atoms. The van der Waals surface area contributed by atoms with Crippen LogP contribution >= 0.6 is 0 Å². The molecule has 0 atom stereocenters. The first kappa shape index (κ1) is 20.3. The molecule has 0 saturated heterocycles. The van der Waals surface area contributed by atoms with Gasteiger partial charge in [-0.1, -0.05) is 36.4 Å². The summed E-state index contributed by atoms with van der Waals surface area (Å²) in [6, 6.07) is 25.7. The number of fused-ring (bicyclic) bond motifs is 1. The van der Waals surface area contributed by atoms with Gasteiger partial charge in [0.05, 0.1) is 7.11 Å². The highest BCUT2D eigenvalue weighted by Gasteiger charge is 2.24. The molecule has 3 aromatic heterocycles. The van der Waals surface area contributed by atoms with Gasteiger partial charge in [0.25, 0.3) is 17.6 Å². The minimum Gasteiger partial charge on any atom is -0.479 e. The molecule has 3 heterocycles. The van der Waals surface area contributed by atoms with Crippen molar-refractivity contribution in [1.29, 1.82) is 0 Å². The summed E-state index contributed by atoms with van der Waals surface area (Å²) in [6.45, 7) is 0. The lowest BCUT2D eigenvalue weighted by molar-refractivity contribution is -0.112. The molecule has 162 valence electrons. The number of nitrogens with zero attached hydrogens (tertiary/aromatic N) is 2. The van der Waals surface area contributed by atoms with Crippen molar-refractivity contribution in [3.63, 3.8) is 0 Å². The van der Waals surface area contributed by atoms with Crippen LogP contribution in [-0.2, 0) is 4.79 Å². The molecule has 0 fully saturated rings. The van der Waals surface area contributed by atoms with Crippen molar-refractivity contribution in [1.82, 2.24) is 9.56 Å². The van der Waals surface area contributed by atoms with Crippen LogP contribution in [0.5, 0.6) is 5.88 Å². The molecule has 1 N–H and O–H groups in total. The van der Waals surface area contributed by atoms with Gasteiger partial charge in [-0.25, -0.2) is 0 Å². The number of anilines is 1. The van der Waals surface area contributed by atoms with E-state index in [1.807, 2.05) is 54.6 Å². The van der Waals surface area contributed by atoms with E-state index in [2.05, 4.69) is 10.5 Å². The number of ether oxygens (including phenoxy) is 1. The SMILES string of the molecule is COc1cc(-c2ccc(NC(=O)C(=O)c3c(-c4ccccc4)cc4ccccn34)cc2)on1. The lowest BCUT2D eigenvalue weighted by atomic mass is 10.0. The number of Topliss-reactive ketones (excluding diaryl/α,β-unsaturated/α-hetero) is 1. The largest absolute Gasteiger partial charge is 0.479 e. The molecule has 5 rings (SSSR count). The van der Waals surface area contributed by atoms with Gasteiger partial charge in [-0.15, -0.1) is 0 Å². The number of ketones is 1. The molecule has 0 unspecified atom stereocenters. The topological polar surface area (TPSA) is 85.8 Å². The average Bonchev–Trinajstić information content (AvgIpc) is 3.49. The number of rotatable bonds is 6. The summed E-state index contributed by atoms with van der Waals surface area (Å²) in [5, 5.41) is 6.47. The summed E-state index contributed by atoms with van der Waals surface area (Å²) in [5.74, 6) is -0.427. The zero-order valence-corrected chi connectivity index (χ0v) is 17.7. The van der Waals surface area contributed by atoms with E-state index < -0.39 is 11.7 Å². The zero-order valence-electron chi connectivity index (χ0n) is 17.7. The van der Waals surface area contributed by atoms with Crippen molar-refractivity contribution >= 4 is 22.9 Å². The van der Waals surface area contributed by atoms with Crippen LogP contribution < -0.4 is 10.1 Å². The van der Waals surface area contributed by atoms with E-state index >= 15 is 0 Å². The maximum atomic E-state index is 13.3. The predicted molar refractivity (Wildman–Crippen MR) is 124 cm³/mol. The number of amides is 1. The van der Waals surface area contributed by atoms with Crippen LogP contribution in [0.25, 0.3) is 28.0 Å². The number of hydrogen-bond donors (Lipinski definition) is 1. The van der Waals surface area contributed by atoms with Crippen LogP contribution in [0.2, 0.25) is 0 Å². The highest BCUT2D eigenvalue weighted by Crippen LogP contribution is 2.29. The molecule has 0 aliphatic heterocycles. The quantitative estimate of drug-likeness (QED) is 0.295. The third-order valence-corrected chi connectivity index (χ3v) is 5.31. The van der Waals surface area contributed by atoms with Crippen LogP contribution in [0, 0.1) is 0 Å². The highest BCUT2D eigenvalue weighted by molar-refractivity contribution is 6.47. The van der Waals surface area contributed by atoms with Crippen LogP contribution in [-0.4, -0.2) is 28.4 Å². The van der Waals surface area contributed by atoms with E-state index in [1.54, 1.807) is 40.9 Å². The molecular formula is C26H19N3O4. The lowest BCUT2D eigenvalue weighted by Crippen LogP contribution is -2.24. The van der Waals surface area contributed by atoms with Gasteiger partial charge in [-0.05, 0) is 53.2 Å². The summed E-state index contributed by atoms with van der Waals surface area (Å²) in [6.07, 6.45) is 1.78. The Labute approximate surface area is 189 Å². The maximum absolute atomic E-state index is 13.3.